The van der Waals surface area contributed by atoms with Gasteiger partial charge in [-0.05, 0) is 6.42 Å². The lowest BCUT2D eigenvalue weighted by Gasteiger charge is -1.84. The first-order valence-electron chi connectivity index (χ1n) is 2.56. The van der Waals surface area contributed by atoms with Crippen LogP contribution in [-0.4, -0.2) is 17.2 Å². The summed E-state index contributed by atoms with van der Waals surface area (Å²) in [6.07, 6.45) is -0.376. The number of alkyl halides is 1. The summed E-state index contributed by atoms with van der Waals surface area (Å²) in [4.78, 5) is 9.83. The van der Waals surface area contributed by atoms with Gasteiger partial charge in [0.2, 0.25) is 0 Å². The zero-order valence-corrected chi connectivity index (χ0v) is 4.30. The fourth-order valence-corrected chi connectivity index (χ4v) is 0.646. The second-order valence-electron chi connectivity index (χ2n) is 2.11. The van der Waals surface area contributed by atoms with Crippen LogP contribution in [0, 0.1) is 5.92 Å². The molecule has 0 aromatic carbocycles. The second-order valence-corrected chi connectivity index (χ2v) is 2.11. The third-order valence-electron chi connectivity index (χ3n) is 1.27. The molecule has 1 saturated carbocycles. The first-order chi connectivity index (χ1) is 3.70. The first-order valence-corrected chi connectivity index (χ1v) is 2.56. The monoisotopic (exact) mass is 118 g/mol. The molecule has 1 rings (SSSR count). The molecule has 0 aromatic heterocycles. The molecule has 0 heterocycles. The highest BCUT2D eigenvalue weighted by molar-refractivity contribution is 5.67. The Morgan fingerprint density at radius 2 is 2.38 bits per heavy atom. The fraction of sp³-hybridized carbons (Fsp3) is 0.800. The molecule has 2 nitrogen and oxygen atoms in total. The van der Waals surface area contributed by atoms with Crippen molar-refractivity contribution in [1.82, 2.24) is 0 Å². The summed E-state index contributed by atoms with van der Waals surface area (Å²) in [7, 11) is 0. The lowest BCUT2D eigenvalue weighted by atomic mass is 10.3. The second kappa shape index (κ2) is 1.73. The maximum atomic E-state index is 11.9. The lowest BCUT2D eigenvalue weighted by molar-refractivity contribution is -0.137. The summed E-state index contributed by atoms with van der Waals surface area (Å²) in [5.41, 5.74) is 0. The molecule has 0 spiro atoms. The Labute approximate surface area is 46.3 Å². The van der Waals surface area contributed by atoms with Crippen LogP contribution < -0.4 is 0 Å². The third kappa shape index (κ3) is 1.18. The van der Waals surface area contributed by atoms with E-state index >= 15 is 0 Å². The van der Waals surface area contributed by atoms with Gasteiger partial charge in [-0.25, -0.2) is 4.39 Å². The number of aliphatic carboxylic acids is 1. The molecule has 46 valence electrons. The van der Waals surface area contributed by atoms with Gasteiger partial charge in [0.25, 0.3) is 0 Å². The average molecular weight is 118 g/mol. The fourth-order valence-electron chi connectivity index (χ4n) is 0.646. The summed E-state index contributed by atoms with van der Waals surface area (Å²) in [5, 5.41) is 8.07. The van der Waals surface area contributed by atoms with Gasteiger partial charge in [0.15, 0.2) is 0 Å². The van der Waals surface area contributed by atoms with Crippen LogP contribution in [0.5, 0.6) is 0 Å². The van der Waals surface area contributed by atoms with E-state index < -0.39 is 12.1 Å². The molecule has 1 aliphatic carbocycles. The molecule has 0 aromatic rings. The molecule has 2 atom stereocenters. The van der Waals surface area contributed by atoms with Gasteiger partial charge in [-0.2, -0.15) is 0 Å². The van der Waals surface area contributed by atoms with E-state index in [9.17, 15) is 9.18 Å². The van der Waals surface area contributed by atoms with Gasteiger partial charge in [-0.1, -0.05) is 0 Å². The molecule has 0 amide bonds. The highest BCUT2D eigenvalue weighted by Gasteiger charge is 2.38. The van der Waals surface area contributed by atoms with E-state index in [4.69, 9.17) is 5.11 Å². The predicted octanol–water partition coefficient (Wildman–Crippen LogP) is 0.819. The standard InChI is InChI=1S/C5H7FO2/c6-4-1-3(4)2-5(7)8/h3-4H,1-2H2,(H,7,8)/t3-,4-/m0/s1. The number of hydrogen-bond acceptors (Lipinski definition) is 1. The van der Waals surface area contributed by atoms with Crippen molar-refractivity contribution < 1.29 is 14.3 Å². The van der Waals surface area contributed by atoms with Crippen molar-refractivity contribution in [3.05, 3.63) is 0 Å². The zero-order chi connectivity index (χ0) is 6.15. The molecule has 0 aliphatic heterocycles. The van der Waals surface area contributed by atoms with Gasteiger partial charge in [0.05, 0.1) is 6.42 Å². The van der Waals surface area contributed by atoms with Crippen molar-refractivity contribution in [1.29, 1.82) is 0 Å². The maximum absolute atomic E-state index is 11.9. The summed E-state index contributed by atoms with van der Waals surface area (Å²) >= 11 is 0. The number of rotatable bonds is 2. The predicted molar refractivity (Wildman–Crippen MR) is 25.3 cm³/mol. The van der Waals surface area contributed by atoms with Gasteiger partial charge in [0, 0.05) is 5.92 Å². The van der Waals surface area contributed by atoms with E-state index in [0.29, 0.717) is 6.42 Å². The molecule has 1 fully saturated rings. The van der Waals surface area contributed by atoms with Gasteiger partial charge in [-0.3, -0.25) is 4.79 Å². The van der Waals surface area contributed by atoms with Crippen LogP contribution in [0.25, 0.3) is 0 Å². The van der Waals surface area contributed by atoms with Crippen LogP contribution in [0.1, 0.15) is 12.8 Å². The number of hydrogen-bond donors (Lipinski definition) is 1. The number of carbonyl (C=O) groups is 1. The average Bonchev–Trinajstić information content (AvgIpc) is 2.17. The van der Waals surface area contributed by atoms with E-state index in [1.807, 2.05) is 0 Å². The molecule has 3 heteroatoms. The van der Waals surface area contributed by atoms with Gasteiger partial charge in [0.1, 0.15) is 6.17 Å². The Morgan fingerprint density at radius 1 is 1.88 bits per heavy atom. The van der Waals surface area contributed by atoms with Gasteiger partial charge >= 0.3 is 5.97 Å². The quantitative estimate of drug-likeness (QED) is 0.582. The Bertz CT molecular complexity index is 113. The van der Waals surface area contributed by atoms with Gasteiger partial charge < -0.3 is 5.11 Å². The van der Waals surface area contributed by atoms with Crippen LogP contribution in [0.4, 0.5) is 4.39 Å². The minimum atomic E-state index is -0.893. The summed E-state index contributed by atoms with van der Waals surface area (Å²) in [6, 6.07) is 0. The highest BCUT2D eigenvalue weighted by atomic mass is 19.1. The molecule has 0 saturated heterocycles. The molecule has 0 bridgehead atoms. The van der Waals surface area contributed by atoms with E-state index in [2.05, 4.69) is 0 Å². The van der Waals surface area contributed by atoms with E-state index in [-0.39, 0.29) is 12.3 Å². The number of carboxylic acid groups (broad SMARTS) is 1. The van der Waals surface area contributed by atoms with Crippen LogP contribution >= 0.6 is 0 Å². The van der Waals surface area contributed by atoms with Crippen LogP contribution in [-0.2, 0) is 4.79 Å². The van der Waals surface area contributed by atoms with Crippen molar-refractivity contribution in [3.63, 3.8) is 0 Å². The SMILES string of the molecule is O=C(O)C[C@@H]1C[C@@H]1F. The Hall–Kier alpha value is -0.600. The van der Waals surface area contributed by atoms with E-state index in [1.165, 1.54) is 0 Å². The molecule has 0 unspecified atom stereocenters. The maximum Gasteiger partial charge on any atom is 0.303 e. The molecular formula is C5H7FO2. The smallest absolute Gasteiger partial charge is 0.303 e. The van der Waals surface area contributed by atoms with Crippen molar-refractivity contribution >= 4 is 5.97 Å². The Kier molecular flexibility index (Phi) is 1.19. The number of carboxylic acids is 1. The van der Waals surface area contributed by atoms with Crippen molar-refractivity contribution in [3.8, 4) is 0 Å². The zero-order valence-electron chi connectivity index (χ0n) is 4.30. The van der Waals surface area contributed by atoms with Gasteiger partial charge in [-0.15, -0.1) is 0 Å². The van der Waals surface area contributed by atoms with Crippen molar-refractivity contribution in [2.75, 3.05) is 0 Å². The summed E-state index contributed by atoms with van der Waals surface area (Å²) < 4.78 is 11.9. The minimum Gasteiger partial charge on any atom is -0.481 e. The Balaban J connectivity index is 2.14. The van der Waals surface area contributed by atoms with Crippen LogP contribution in [0.15, 0.2) is 0 Å². The molecule has 1 N–H and O–H groups in total. The lowest BCUT2D eigenvalue weighted by Crippen LogP contribution is -1.96. The summed E-state index contributed by atoms with van der Waals surface area (Å²) in [5.74, 6) is -1.07. The van der Waals surface area contributed by atoms with Crippen molar-refractivity contribution in [2.45, 2.75) is 19.0 Å². The minimum absolute atomic E-state index is 0.00116. The first kappa shape index (κ1) is 5.54. The topological polar surface area (TPSA) is 37.3 Å². The Morgan fingerprint density at radius 3 is 2.50 bits per heavy atom. The van der Waals surface area contributed by atoms with Crippen LogP contribution in [0.3, 0.4) is 0 Å². The highest BCUT2D eigenvalue weighted by Crippen LogP contribution is 2.36. The van der Waals surface area contributed by atoms with Crippen molar-refractivity contribution in [2.24, 2.45) is 5.92 Å². The normalized spacial score (nSPS) is 34.6. The molecule has 0 radical (unpaired) electrons. The van der Waals surface area contributed by atoms with E-state index in [0.717, 1.165) is 0 Å². The molecule has 1 aliphatic rings. The third-order valence-corrected chi connectivity index (χ3v) is 1.27. The van der Waals surface area contributed by atoms with Crippen LogP contribution in [0.2, 0.25) is 0 Å². The largest absolute Gasteiger partial charge is 0.481 e. The summed E-state index contributed by atoms with van der Waals surface area (Å²) in [6.45, 7) is 0. The number of halogens is 1. The molecular weight excluding hydrogens is 111 g/mol. The molecule has 8 heavy (non-hydrogen) atoms. The van der Waals surface area contributed by atoms with E-state index in [1.54, 1.807) is 0 Å².